The second-order valence-corrected chi connectivity index (χ2v) is 6.53. The number of hydrogen-bond acceptors (Lipinski definition) is 6. The third-order valence-corrected chi connectivity index (χ3v) is 4.36. The first-order valence-electron chi connectivity index (χ1n) is 7.67. The van der Waals surface area contributed by atoms with Gasteiger partial charge in [-0.15, -0.1) is 0 Å². The van der Waals surface area contributed by atoms with Crippen molar-refractivity contribution in [3.05, 3.63) is 69.6 Å². The Bertz CT molecular complexity index is 958. The van der Waals surface area contributed by atoms with Crippen molar-refractivity contribution in [1.29, 1.82) is 0 Å². The lowest BCUT2D eigenvalue weighted by molar-refractivity contribution is -0.799. The number of pyridine rings is 1. The van der Waals surface area contributed by atoms with Gasteiger partial charge in [0.2, 0.25) is 11.4 Å². The topological polar surface area (TPSA) is 107 Å². The van der Waals surface area contributed by atoms with E-state index < -0.39 is 16.6 Å². The van der Waals surface area contributed by atoms with Gasteiger partial charge in [0, 0.05) is 38.8 Å². The van der Waals surface area contributed by atoms with Crippen LogP contribution in [0.15, 0.2) is 58.8 Å². The highest BCUT2D eigenvalue weighted by Gasteiger charge is 2.50. The summed E-state index contributed by atoms with van der Waals surface area (Å²) in [6.07, 6.45) is 3.03. The summed E-state index contributed by atoms with van der Waals surface area (Å²) in [4.78, 5) is 28.7. The molecule has 0 aliphatic carbocycles. The largest absolute Gasteiger partial charge is 0.464 e. The van der Waals surface area contributed by atoms with Crippen LogP contribution >= 0.6 is 23.2 Å². The van der Waals surface area contributed by atoms with E-state index >= 15 is 0 Å². The van der Waals surface area contributed by atoms with Crippen LogP contribution in [0.1, 0.15) is 11.1 Å². The van der Waals surface area contributed by atoms with Crippen LogP contribution < -0.4 is 5.73 Å². The molecule has 0 saturated heterocycles. The second kappa shape index (κ2) is 7.43. The van der Waals surface area contributed by atoms with E-state index in [1.54, 1.807) is 30.3 Å². The lowest BCUT2D eigenvalue weighted by atomic mass is 10.1. The molecular formula is C17H14Cl2N5O3+. The third-order valence-electron chi connectivity index (χ3n) is 3.92. The van der Waals surface area contributed by atoms with Gasteiger partial charge in [-0.1, -0.05) is 32.9 Å². The van der Waals surface area contributed by atoms with Crippen molar-refractivity contribution < 1.29 is 18.9 Å². The van der Waals surface area contributed by atoms with Crippen molar-refractivity contribution in [3.63, 3.8) is 0 Å². The Labute approximate surface area is 164 Å². The highest BCUT2D eigenvalue weighted by Crippen LogP contribution is 2.40. The standard InChI is InChI=1S/C17H13Cl2N5O3/c1-27-16(25)14-15(11-2-4-21-5-3-11)24(17(20)26,23-22-14)9-10-6-12(18)8-13(19)7-10/h2-8H,9H2,1H3,(H-,20,26)/p+1. The highest BCUT2D eigenvalue weighted by molar-refractivity contribution is 6.34. The molecule has 0 spiro atoms. The lowest BCUT2D eigenvalue weighted by Crippen LogP contribution is -2.48. The minimum absolute atomic E-state index is 0.0444. The van der Waals surface area contributed by atoms with E-state index in [0.717, 1.165) is 0 Å². The van der Waals surface area contributed by atoms with E-state index in [2.05, 4.69) is 15.3 Å². The molecule has 1 aromatic heterocycles. The maximum absolute atomic E-state index is 12.5. The van der Waals surface area contributed by atoms with E-state index in [1.165, 1.54) is 19.5 Å². The molecule has 27 heavy (non-hydrogen) atoms. The van der Waals surface area contributed by atoms with Crippen LogP contribution in [-0.2, 0) is 16.1 Å². The van der Waals surface area contributed by atoms with Crippen molar-refractivity contribution >= 4 is 40.9 Å². The number of amides is 2. The molecule has 10 heteroatoms. The lowest BCUT2D eigenvalue weighted by Gasteiger charge is -2.25. The average Bonchev–Trinajstić information content (AvgIpc) is 3.01. The van der Waals surface area contributed by atoms with Gasteiger partial charge in [0.15, 0.2) is 0 Å². The maximum atomic E-state index is 12.5. The van der Waals surface area contributed by atoms with Gasteiger partial charge in [-0.05, 0) is 30.3 Å². The van der Waals surface area contributed by atoms with Crippen LogP contribution in [0.4, 0.5) is 4.79 Å². The number of benzene rings is 1. The number of methoxy groups -OCH3 is 1. The molecule has 1 unspecified atom stereocenters. The number of nitrogens with zero attached hydrogens (tertiary/aromatic N) is 4. The van der Waals surface area contributed by atoms with Crippen molar-refractivity contribution in [1.82, 2.24) is 4.98 Å². The number of nitrogens with two attached hydrogens (primary N) is 1. The molecule has 0 radical (unpaired) electrons. The number of halogens is 2. The number of quaternary nitrogens is 1. The number of primary amides is 1. The number of hydrogen-bond donors (Lipinski definition) is 1. The summed E-state index contributed by atoms with van der Waals surface area (Å²) in [7, 11) is 1.21. The molecule has 1 aliphatic rings. The predicted octanol–water partition coefficient (Wildman–Crippen LogP) is 3.71. The van der Waals surface area contributed by atoms with Crippen LogP contribution in [0.5, 0.6) is 0 Å². The Kier molecular flexibility index (Phi) is 5.22. The van der Waals surface area contributed by atoms with Crippen LogP contribution in [0.3, 0.4) is 0 Å². The molecule has 0 saturated carbocycles. The quantitative estimate of drug-likeness (QED) is 0.616. The van der Waals surface area contributed by atoms with E-state index in [4.69, 9.17) is 33.7 Å². The Hall–Kier alpha value is -2.81. The fourth-order valence-corrected chi connectivity index (χ4v) is 3.36. The van der Waals surface area contributed by atoms with Crippen LogP contribution in [-0.4, -0.2) is 28.7 Å². The summed E-state index contributed by atoms with van der Waals surface area (Å²) in [5.41, 5.74) is 6.86. The Morgan fingerprint density at radius 1 is 1.15 bits per heavy atom. The first kappa shape index (κ1) is 19.0. The zero-order chi connectivity index (χ0) is 19.6. The third kappa shape index (κ3) is 3.55. The fraction of sp³-hybridized carbons (Fsp3) is 0.118. The van der Waals surface area contributed by atoms with Gasteiger partial charge in [-0.3, -0.25) is 4.98 Å². The Morgan fingerprint density at radius 2 is 1.78 bits per heavy atom. The van der Waals surface area contributed by atoms with Crippen LogP contribution in [0, 0.1) is 0 Å². The Balaban J connectivity index is 2.21. The number of rotatable bonds is 4. The normalized spacial score (nSPS) is 18.6. The number of urea groups is 1. The molecule has 2 amide bonds. The van der Waals surface area contributed by atoms with Gasteiger partial charge in [0.05, 0.1) is 7.11 Å². The van der Waals surface area contributed by atoms with E-state index in [0.29, 0.717) is 21.2 Å². The number of carbonyl (C=O) groups excluding carboxylic acids is 2. The molecule has 2 heterocycles. The molecule has 0 bridgehead atoms. The zero-order valence-corrected chi connectivity index (χ0v) is 15.6. The monoisotopic (exact) mass is 406 g/mol. The SMILES string of the molecule is COC(=O)C1=C(c2ccncc2)[N+](Cc2cc(Cl)cc(Cl)c2)(C(N)=O)N=N1. The molecule has 138 valence electrons. The minimum Gasteiger partial charge on any atom is -0.464 e. The van der Waals surface area contributed by atoms with Gasteiger partial charge in [0.1, 0.15) is 6.54 Å². The summed E-state index contributed by atoms with van der Waals surface area (Å²) in [5.74, 6) is -0.740. The van der Waals surface area contributed by atoms with Crippen molar-refractivity contribution in [2.45, 2.75) is 6.54 Å². The zero-order valence-electron chi connectivity index (χ0n) is 14.1. The molecular weight excluding hydrogens is 393 g/mol. The van der Waals surface area contributed by atoms with E-state index in [1.807, 2.05) is 0 Å². The van der Waals surface area contributed by atoms with Crippen LogP contribution in [0.25, 0.3) is 5.70 Å². The van der Waals surface area contributed by atoms with Crippen molar-refractivity contribution in [3.8, 4) is 0 Å². The summed E-state index contributed by atoms with van der Waals surface area (Å²) < 4.78 is 4.00. The highest BCUT2D eigenvalue weighted by atomic mass is 35.5. The molecule has 1 atom stereocenters. The molecule has 2 aromatic rings. The number of aromatic nitrogens is 1. The molecule has 8 nitrogen and oxygen atoms in total. The van der Waals surface area contributed by atoms with Gasteiger partial charge in [-0.2, -0.15) is 0 Å². The minimum atomic E-state index is -0.833. The van der Waals surface area contributed by atoms with Crippen molar-refractivity contribution in [2.24, 2.45) is 16.1 Å². The van der Waals surface area contributed by atoms with E-state index in [-0.39, 0.29) is 17.9 Å². The number of carbonyl (C=O) groups is 2. The molecule has 0 fully saturated rings. The smallest absolute Gasteiger partial charge is 0.447 e. The number of ether oxygens (including phenoxy) is 1. The van der Waals surface area contributed by atoms with Gasteiger partial charge in [0.25, 0.3) is 0 Å². The second-order valence-electron chi connectivity index (χ2n) is 5.66. The Morgan fingerprint density at radius 3 is 2.33 bits per heavy atom. The van der Waals surface area contributed by atoms with Crippen LogP contribution in [0.2, 0.25) is 10.0 Å². The molecule has 3 rings (SSSR count). The maximum Gasteiger partial charge on any atom is 0.447 e. The molecule has 2 N–H and O–H groups in total. The van der Waals surface area contributed by atoms with Gasteiger partial charge < -0.3 is 10.5 Å². The average molecular weight is 407 g/mol. The molecule has 1 aliphatic heterocycles. The summed E-state index contributed by atoms with van der Waals surface area (Å²) >= 11 is 12.1. The van der Waals surface area contributed by atoms with Crippen molar-refractivity contribution in [2.75, 3.05) is 7.11 Å². The molecule has 1 aromatic carbocycles. The number of esters is 1. The van der Waals surface area contributed by atoms with Gasteiger partial charge >= 0.3 is 12.0 Å². The fourth-order valence-electron chi connectivity index (χ4n) is 2.79. The van der Waals surface area contributed by atoms with E-state index in [9.17, 15) is 9.59 Å². The predicted molar refractivity (Wildman–Crippen MR) is 98.0 cm³/mol. The summed E-state index contributed by atoms with van der Waals surface area (Å²) in [6, 6.07) is 7.23. The summed E-state index contributed by atoms with van der Waals surface area (Å²) in [6.45, 7) is -0.0444. The van der Waals surface area contributed by atoms with Gasteiger partial charge in [-0.25, -0.2) is 9.59 Å². The first-order valence-corrected chi connectivity index (χ1v) is 8.43. The summed E-state index contributed by atoms with van der Waals surface area (Å²) in [5, 5.41) is 8.71. The first-order chi connectivity index (χ1) is 12.9.